The van der Waals surface area contributed by atoms with Gasteiger partial charge in [0.2, 0.25) is 0 Å². The zero-order valence-electron chi connectivity index (χ0n) is 46.1. The molecule has 0 saturated heterocycles. The summed E-state index contributed by atoms with van der Waals surface area (Å²) in [5.74, 6) is -1.51. The van der Waals surface area contributed by atoms with Crippen LogP contribution < -0.4 is 0 Å². The first-order chi connectivity index (χ1) is 35.2. The number of aliphatic hydroxyl groups excluding tert-OH is 1. The summed E-state index contributed by atoms with van der Waals surface area (Å²) in [6, 6.07) is 0. The number of carbonyl (C=O) groups is 3. The van der Waals surface area contributed by atoms with Gasteiger partial charge in [-0.05, 0) is 83.5 Å². The van der Waals surface area contributed by atoms with E-state index in [1.54, 1.807) is 0 Å². The van der Waals surface area contributed by atoms with Gasteiger partial charge in [0.25, 0.3) is 0 Å². The number of allylic oxidation sites excluding steroid dienone is 10. The minimum absolute atomic E-state index is 0.154. The van der Waals surface area contributed by atoms with Gasteiger partial charge in [-0.2, -0.15) is 0 Å². The van der Waals surface area contributed by atoms with Crippen LogP contribution in [0.4, 0.5) is 0 Å². The molecule has 418 valence electrons. The number of carbonyl (C=O) groups excluding carboxylic acids is 3. The second-order valence-corrected chi connectivity index (χ2v) is 20.9. The van der Waals surface area contributed by atoms with Gasteiger partial charge >= 0.3 is 25.7 Å². The lowest BCUT2D eigenvalue weighted by Crippen LogP contribution is -2.30. The number of hydrogen-bond acceptors (Lipinski definition) is 10. The van der Waals surface area contributed by atoms with Crippen molar-refractivity contribution in [3.8, 4) is 0 Å². The van der Waals surface area contributed by atoms with Gasteiger partial charge in [0, 0.05) is 19.3 Å². The SMILES string of the molecule is CC/C=C\C/C=C\C/C=C\C/C=C\CCCCC(=O)OCC(COP(=O)(O)OCC(CO)OC(=O)CCCCCCCCCCCCCCC)OC(=O)CCCCCCCCC/C=C\CCCCCCCC. The van der Waals surface area contributed by atoms with Crippen LogP contribution >= 0.6 is 7.82 Å². The Hall–Kier alpha value is -2.82. The van der Waals surface area contributed by atoms with Crippen molar-refractivity contribution in [3.63, 3.8) is 0 Å². The van der Waals surface area contributed by atoms with Gasteiger partial charge in [0.1, 0.15) is 12.7 Å². The fourth-order valence-corrected chi connectivity index (χ4v) is 8.77. The van der Waals surface area contributed by atoms with Crippen molar-refractivity contribution in [2.45, 2.75) is 277 Å². The lowest BCUT2D eigenvalue weighted by Gasteiger charge is -2.21. The van der Waals surface area contributed by atoms with Crippen molar-refractivity contribution in [3.05, 3.63) is 60.8 Å². The smallest absolute Gasteiger partial charge is 0.462 e. The van der Waals surface area contributed by atoms with Gasteiger partial charge in [-0.1, -0.05) is 223 Å². The summed E-state index contributed by atoms with van der Waals surface area (Å²) in [6.45, 7) is 4.50. The van der Waals surface area contributed by atoms with Crippen LogP contribution in [0.3, 0.4) is 0 Å². The molecule has 11 nitrogen and oxygen atoms in total. The van der Waals surface area contributed by atoms with Crippen molar-refractivity contribution in [1.29, 1.82) is 0 Å². The van der Waals surface area contributed by atoms with Crippen LogP contribution in [0.15, 0.2) is 60.8 Å². The van der Waals surface area contributed by atoms with Gasteiger partial charge < -0.3 is 24.2 Å². The standard InChI is InChI=1S/C60H107O11P/c1-4-7-10-13-16-19-22-25-27-28-30-33-36-39-42-45-48-51-60(64)71-57(53-67-58(62)49-46-43-40-37-34-32-29-26-23-20-17-14-11-8-5-2)55-69-72(65,66)68-54-56(52-61)70-59(63)50-47-44-41-38-35-31-24-21-18-15-12-9-6-3/h8,11,17,20,25-27,29,34,37,56-57,61H,4-7,9-10,12-16,18-19,21-24,28,30-33,35-36,38-55H2,1-3H3,(H,65,66)/b11-8-,20-17-,27-25-,29-26-,37-34-. The minimum Gasteiger partial charge on any atom is -0.462 e. The molecule has 0 bridgehead atoms. The van der Waals surface area contributed by atoms with Crippen LogP contribution in [-0.2, 0) is 42.2 Å². The number of unbranched alkanes of at least 4 members (excludes halogenated alkanes) is 27. The molecular formula is C60H107O11P. The molecule has 0 aromatic heterocycles. The molecule has 3 atom stereocenters. The molecule has 12 heteroatoms. The molecule has 2 N–H and O–H groups in total. The monoisotopic (exact) mass is 1030 g/mol. The topological polar surface area (TPSA) is 155 Å². The van der Waals surface area contributed by atoms with E-state index in [0.29, 0.717) is 19.3 Å². The summed E-state index contributed by atoms with van der Waals surface area (Å²) < 4.78 is 39.5. The average Bonchev–Trinajstić information content (AvgIpc) is 3.37. The lowest BCUT2D eigenvalue weighted by molar-refractivity contribution is -0.161. The molecule has 0 aliphatic heterocycles. The molecule has 0 aromatic carbocycles. The molecule has 0 heterocycles. The molecular weight excluding hydrogens is 928 g/mol. The third-order valence-corrected chi connectivity index (χ3v) is 13.4. The van der Waals surface area contributed by atoms with Crippen LogP contribution in [0.1, 0.15) is 265 Å². The molecule has 0 aliphatic rings. The summed E-state index contributed by atoms with van der Waals surface area (Å²) in [6.07, 6.45) is 58.9. The van der Waals surface area contributed by atoms with E-state index in [9.17, 15) is 28.9 Å². The number of ether oxygens (including phenoxy) is 3. The highest BCUT2D eigenvalue weighted by Crippen LogP contribution is 2.43. The van der Waals surface area contributed by atoms with E-state index in [0.717, 1.165) is 89.9 Å². The second kappa shape index (κ2) is 54.4. The van der Waals surface area contributed by atoms with Crippen molar-refractivity contribution in [2.24, 2.45) is 0 Å². The second-order valence-electron chi connectivity index (χ2n) is 19.4. The van der Waals surface area contributed by atoms with Crippen molar-refractivity contribution in [2.75, 3.05) is 26.4 Å². The third kappa shape index (κ3) is 52.1. The maximum absolute atomic E-state index is 12.9. The highest BCUT2D eigenvalue weighted by atomic mass is 31.2. The molecule has 0 fully saturated rings. The highest BCUT2D eigenvalue weighted by molar-refractivity contribution is 7.47. The maximum Gasteiger partial charge on any atom is 0.472 e. The Balaban J connectivity index is 4.77. The van der Waals surface area contributed by atoms with Crippen molar-refractivity contribution in [1.82, 2.24) is 0 Å². The number of hydrogen-bond donors (Lipinski definition) is 2. The van der Waals surface area contributed by atoms with Crippen molar-refractivity contribution < 1.29 is 52.2 Å². The minimum atomic E-state index is -4.75. The quantitative estimate of drug-likeness (QED) is 0.0197. The Bertz CT molecular complexity index is 1440. The fraction of sp³-hybridized carbons (Fsp3) is 0.783. The lowest BCUT2D eigenvalue weighted by atomic mass is 10.0. The summed E-state index contributed by atoms with van der Waals surface area (Å²) in [4.78, 5) is 48.5. The molecule has 3 unspecified atom stereocenters. The van der Waals surface area contributed by atoms with E-state index in [4.69, 9.17) is 23.3 Å². The van der Waals surface area contributed by atoms with E-state index in [1.165, 1.54) is 116 Å². The van der Waals surface area contributed by atoms with E-state index in [-0.39, 0.29) is 25.9 Å². The Morgan fingerprint density at radius 3 is 1.15 bits per heavy atom. The van der Waals surface area contributed by atoms with Crippen LogP contribution in [0.5, 0.6) is 0 Å². The molecule has 0 aliphatic carbocycles. The molecule has 0 spiro atoms. The molecule has 72 heavy (non-hydrogen) atoms. The van der Waals surface area contributed by atoms with E-state index in [2.05, 4.69) is 81.5 Å². The van der Waals surface area contributed by atoms with Gasteiger partial charge in [0.15, 0.2) is 6.10 Å². The number of aliphatic hydroxyl groups is 1. The van der Waals surface area contributed by atoms with Crippen LogP contribution in [0, 0.1) is 0 Å². The average molecular weight is 1040 g/mol. The number of phosphoric ester groups is 1. The molecule has 0 amide bonds. The number of esters is 3. The Morgan fingerprint density at radius 1 is 0.403 bits per heavy atom. The molecule has 0 aromatic rings. The van der Waals surface area contributed by atoms with Gasteiger partial charge in [-0.15, -0.1) is 0 Å². The zero-order valence-corrected chi connectivity index (χ0v) is 47.0. The Morgan fingerprint density at radius 2 is 0.722 bits per heavy atom. The predicted molar refractivity (Wildman–Crippen MR) is 298 cm³/mol. The Labute approximate surface area is 440 Å². The fourth-order valence-electron chi connectivity index (χ4n) is 7.99. The first-order valence-electron chi connectivity index (χ1n) is 29.2. The van der Waals surface area contributed by atoms with Gasteiger partial charge in [-0.25, -0.2) is 4.57 Å². The number of phosphoric acid groups is 1. The zero-order chi connectivity index (χ0) is 52.7. The Kier molecular flexibility index (Phi) is 52.3. The molecule has 0 rings (SSSR count). The van der Waals surface area contributed by atoms with E-state index >= 15 is 0 Å². The number of rotatable bonds is 54. The third-order valence-electron chi connectivity index (χ3n) is 12.4. The van der Waals surface area contributed by atoms with E-state index < -0.39 is 57.8 Å². The van der Waals surface area contributed by atoms with Crippen LogP contribution in [-0.4, -0.2) is 66.5 Å². The predicted octanol–water partition coefficient (Wildman–Crippen LogP) is 17.1. The summed E-state index contributed by atoms with van der Waals surface area (Å²) in [7, 11) is -4.75. The largest absolute Gasteiger partial charge is 0.472 e. The summed E-state index contributed by atoms with van der Waals surface area (Å²) in [5.41, 5.74) is 0. The van der Waals surface area contributed by atoms with Gasteiger partial charge in [0.05, 0.1) is 19.8 Å². The summed E-state index contributed by atoms with van der Waals surface area (Å²) >= 11 is 0. The van der Waals surface area contributed by atoms with E-state index in [1.807, 2.05) is 0 Å². The van der Waals surface area contributed by atoms with Crippen molar-refractivity contribution >= 4 is 25.7 Å². The summed E-state index contributed by atoms with van der Waals surface area (Å²) in [5, 5.41) is 9.81. The molecule has 0 radical (unpaired) electrons. The maximum atomic E-state index is 12.9. The normalized spacial score (nSPS) is 13.8. The van der Waals surface area contributed by atoms with Crippen LogP contribution in [0.2, 0.25) is 0 Å². The highest BCUT2D eigenvalue weighted by Gasteiger charge is 2.28. The first-order valence-corrected chi connectivity index (χ1v) is 30.7. The molecule has 0 saturated carbocycles. The van der Waals surface area contributed by atoms with Crippen LogP contribution in [0.25, 0.3) is 0 Å². The van der Waals surface area contributed by atoms with Gasteiger partial charge in [-0.3, -0.25) is 23.4 Å². The first kappa shape index (κ1) is 69.2.